The molecule has 1 N–H and O–H groups in total. The predicted octanol–water partition coefficient (Wildman–Crippen LogP) is 4.06. The zero-order valence-corrected chi connectivity index (χ0v) is 16.5. The molecule has 2 aromatic rings. The molecule has 1 heterocycles. The highest BCUT2D eigenvalue weighted by atomic mass is 35.5. The van der Waals surface area contributed by atoms with Crippen LogP contribution in [0.3, 0.4) is 0 Å². The lowest BCUT2D eigenvalue weighted by atomic mass is 10.0. The van der Waals surface area contributed by atoms with Crippen LogP contribution in [0.4, 0.5) is 0 Å². The summed E-state index contributed by atoms with van der Waals surface area (Å²) < 4.78 is 5.23. The van der Waals surface area contributed by atoms with E-state index in [1.807, 2.05) is 36.4 Å². The number of ether oxygens (including phenoxy) is 1. The number of carbonyl (C=O) groups excluding carboxylic acids is 1. The van der Waals surface area contributed by atoms with Crippen molar-refractivity contribution in [2.24, 2.45) is 0 Å². The van der Waals surface area contributed by atoms with E-state index in [4.69, 9.17) is 16.3 Å². The minimum atomic E-state index is 0.133. The predicted molar refractivity (Wildman–Crippen MR) is 109 cm³/mol. The lowest BCUT2D eigenvalue weighted by Gasteiger charge is -2.32. The van der Waals surface area contributed by atoms with Gasteiger partial charge in [-0.15, -0.1) is 0 Å². The molecule has 1 saturated heterocycles. The van der Waals surface area contributed by atoms with Crippen molar-refractivity contribution in [3.8, 4) is 5.75 Å². The van der Waals surface area contributed by atoms with E-state index in [1.54, 1.807) is 7.11 Å². The third-order valence-electron chi connectivity index (χ3n) is 5.05. The Hall–Kier alpha value is -2.04. The fourth-order valence-electron chi connectivity index (χ4n) is 3.47. The summed E-state index contributed by atoms with van der Waals surface area (Å²) in [7, 11) is 1.66. The first-order valence-corrected chi connectivity index (χ1v) is 9.89. The van der Waals surface area contributed by atoms with Crippen LogP contribution in [0.25, 0.3) is 0 Å². The Bertz CT molecular complexity index is 740. The number of methoxy groups -OCH3 is 1. The van der Waals surface area contributed by atoms with Crippen LogP contribution in [0.1, 0.15) is 30.4 Å². The van der Waals surface area contributed by atoms with Crippen molar-refractivity contribution in [3.63, 3.8) is 0 Å². The summed E-state index contributed by atoms with van der Waals surface area (Å²) >= 11 is 5.94. The maximum Gasteiger partial charge on any atom is 0.220 e. The largest absolute Gasteiger partial charge is 0.497 e. The Kier molecular flexibility index (Phi) is 7.13. The summed E-state index contributed by atoms with van der Waals surface area (Å²) in [5.41, 5.74) is 2.41. The van der Waals surface area contributed by atoms with E-state index in [1.165, 1.54) is 5.56 Å². The summed E-state index contributed by atoms with van der Waals surface area (Å²) in [6, 6.07) is 16.2. The van der Waals surface area contributed by atoms with Gasteiger partial charge in [0.2, 0.25) is 5.91 Å². The SMILES string of the molecule is COc1cccc(CCC(=O)NC2CCN(Cc3ccc(Cl)cc3)CC2)c1. The highest BCUT2D eigenvalue weighted by Gasteiger charge is 2.20. The first-order valence-electron chi connectivity index (χ1n) is 9.51. The van der Waals surface area contributed by atoms with Crippen molar-refractivity contribution >= 4 is 17.5 Å². The number of likely N-dealkylation sites (tertiary alicyclic amines) is 1. The molecule has 0 radical (unpaired) electrons. The number of piperidine rings is 1. The average molecular weight is 387 g/mol. The minimum Gasteiger partial charge on any atom is -0.497 e. The zero-order valence-electron chi connectivity index (χ0n) is 15.8. The molecular formula is C22H27ClN2O2. The van der Waals surface area contributed by atoms with E-state index < -0.39 is 0 Å². The summed E-state index contributed by atoms with van der Waals surface area (Å²) in [4.78, 5) is 14.7. The Morgan fingerprint density at radius 1 is 1.15 bits per heavy atom. The summed E-state index contributed by atoms with van der Waals surface area (Å²) in [6.45, 7) is 2.95. The molecule has 0 atom stereocenters. The van der Waals surface area contributed by atoms with Crippen LogP contribution in [0.15, 0.2) is 48.5 Å². The average Bonchev–Trinajstić information content (AvgIpc) is 2.70. The maximum absolute atomic E-state index is 12.3. The van der Waals surface area contributed by atoms with E-state index in [-0.39, 0.29) is 11.9 Å². The van der Waals surface area contributed by atoms with Crippen molar-refractivity contribution in [2.75, 3.05) is 20.2 Å². The number of benzene rings is 2. The number of rotatable bonds is 7. The van der Waals surface area contributed by atoms with E-state index in [2.05, 4.69) is 22.3 Å². The standard InChI is InChI=1S/C22H27ClN2O2/c1-27-21-4-2-3-17(15-21)7-10-22(26)24-20-11-13-25(14-12-20)16-18-5-8-19(23)9-6-18/h2-6,8-9,15,20H,7,10-14,16H2,1H3,(H,24,26). The number of carbonyl (C=O) groups is 1. The van der Waals surface area contributed by atoms with Gasteiger partial charge in [-0.1, -0.05) is 35.9 Å². The number of hydrogen-bond donors (Lipinski definition) is 1. The number of nitrogens with zero attached hydrogens (tertiary/aromatic N) is 1. The van der Waals surface area contributed by atoms with Gasteiger partial charge in [0, 0.05) is 37.1 Å². The van der Waals surface area contributed by atoms with Crippen molar-refractivity contribution in [3.05, 3.63) is 64.7 Å². The number of amides is 1. The molecule has 1 amide bonds. The Labute approximate surface area is 166 Å². The molecular weight excluding hydrogens is 360 g/mol. The van der Waals surface area contributed by atoms with Gasteiger partial charge in [0.15, 0.2) is 0 Å². The van der Waals surface area contributed by atoms with Crippen LogP contribution in [0.5, 0.6) is 5.75 Å². The highest BCUT2D eigenvalue weighted by molar-refractivity contribution is 6.30. The quantitative estimate of drug-likeness (QED) is 0.780. The molecule has 0 bridgehead atoms. The molecule has 144 valence electrons. The second-order valence-corrected chi connectivity index (χ2v) is 7.53. The lowest BCUT2D eigenvalue weighted by molar-refractivity contribution is -0.122. The molecule has 0 unspecified atom stereocenters. The monoisotopic (exact) mass is 386 g/mol. The summed E-state index contributed by atoms with van der Waals surface area (Å²) in [5.74, 6) is 0.968. The molecule has 1 aliphatic heterocycles. The molecule has 5 heteroatoms. The van der Waals surface area contributed by atoms with Crippen LogP contribution >= 0.6 is 11.6 Å². The van der Waals surface area contributed by atoms with Crippen LogP contribution in [0, 0.1) is 0 Å². The van der Waals surface area contributed by atoms with Gasteiger partial charge in [-0.05, 0) is 54.7 Å². The van der Waals surface area contributed by atoms with Gasteiger partial charge < -0.3 is 10.1 Å². The van der Waals surface area contributed by atoms with Gasteiger partial charge in [-0.25, -0.2) is 0 Å². The van der Waals surface area contributed by atoms with E-state index in [0.717, 1.165) is 55.2 Å². The fraction of sp³-hybridized carbons (Fsp3) is 0.409. The summed E-state index contributed by atoms with van der Waals surface area (Å²) in [6.07, 6.45) is 3.24. The first kappa shape index (κ1) is 19.7. The van der Waals surface area contributed by atoms with Crippen molar-refractivity contribution in [1.29, 1.82) is 0 Å². The molecule has 4 nitrogen and oxygen atoms in total. The van der Waals surface area contributed by atoms with Crippen molar-refractivity contribution in [1.82, 2.24) is 10.2 Å². The van der Waals surface area contributed by atoms with Crippen LogP contribution in [-0.2, 0) is 17.8 Å². The zero-order chi connectivity index (χ0) is 19.1. The Balaban J connectivity index is 1.38. The fourth-order valence-corrected chi connectivity index (χ4v) is 3.60. The number of aryl methyl sites for hydroxylation is 1. The Morgan fingerprint density at radius 2 is 1.89 bits per heavy atom. The van der Waals surface area contributed by atoms with Crippen molar-refractivity contribution in [2.45, 2.75) is 38.3 Å². The number of hydrogen-bond acceptors (Lipinski definition) is 3. The highest BCUT2D eigenvalue weighted by Crippen LogP contribution is 2.17. The lowest BCUT2D eigenvalue weighted by Crippen LogP contribution is -2.44. The minimum absolute atomic E-state index is 0.133. The van der Waals surface area contributed by atoms with Gasteiger partial charge in [0.1, 0.15) is 5.75 Å². The first-order chi connectivity index (χ1) is 13.1. The van der Waals surface area contributed by atoms with Crippen LogP contribution in [0.2, 0.25) is 5.02 Å². The van der Waals surface area contributed by atoms with Gasteiger partial charge in [-0.2, -0.15) is 0 Å². The van der Waals surface area contributed by atoms with Crippen LogP contribution < -0.4 is 10.1 Å². The number of halogens is 1. The molecule has 1 aliphatic rings. The molecule has 0 saturated carbocycles. The molecule has 2 aromatic carbocycles. The Morgan fingerprint density at radius 3 is 2.59 bits per heavy atom. The van der Waals surface area contributed by atoms with E-state index in [9.17, 15) is 4.79 Å². The van der Waals surface area contributed by atoms with Gasteiger partial charge in [0.05, 0.1) is 7.11 Å². The van der Waals surface area contributed by atoms with Crippen LogP contribution in [-0.4, -0.2) is 37.0 Å². The van der Waals surface area contributed by atoms with E-state index in [0.29, 0.717) is 6.42 Å². The molecule has 1 fully saturated rings. The molecule has 0 spiro atoms. The number of nitrogens with one attached hydrogen (secondary N) is 1. The molecule has 27 heavy (non-hydrogen) atoms. The normalized spacial score (nSPS) is 15.5. The third-order valence-corrected chi connectivity index (χ3v) is 5.30. The molecule has 3 rings (SSSR count). The smallest absolute Gasteiger partial charge is 0.220 e. The second kappa shape index (κ2) is 9.77. The van der Waals surface area contributed by atoms with Gasteiger partial charge in [-0.3, -0.25) is 9.69 Å². The van der Waals surface area contributed by atoms with Crippen molar-refractivity contribution < 1.29 is 9.53 Å². The summed E-state index contributed by atoms with van der Waals surface area (Å²) in [5, 5.41) is 3.97. The molecule has 0 aromatic heterocycles. The second-order valence-electron chi connectivity index (χ2n) is 7.10. The van der Waals surface area contributed by atoms with Gasteiger partial charge in [0.25, 0.3) is 0 Å². The van der Waals surface area contributed by atoms with Gasteiger partial charge >= 0.3 is 0 Å². The molecule has 0 aliphatic carbocycles. The third kappa shape index (κ3) is 6.26. The maximum atomic E-state index is 12.3. The van der Waals surface area contributed by atoms with E-state index >= 15 is 0 Å². The topological polar surface area (TPSA) is 41.6 Å².